The molecule has 0 saturated carbocycles. The number of carbonyl (C=O) groups is 6. The van der Waals surface area contributed by atoms with E-state index in [1.165, 1.54) is 56.3 Å². The first-order valence-electron chi connectivity index (χ1n) is 50.4. The normalized spacial score (nSPS) is 14.5. The molecule has 0 fully saturated rings. The second-order valence-corrected chi connectivity index (χ2v) is 43.6. The summed E-state index contributed by atoms with van der Waals surface area (Å²) >= 11 is 31.3. The van der Waals surface area contributed by atoms with Crippen LogP contribution in [0, 0.1) is 83.1 Å². The van der Waals surface area contributed by atoms with Crippen LogP contribution in [0.4, 0.5) is 0 Å². The molecule has 0 saturated heterocycles. The molecule has 38 heteroatoms. The molecule has 12 heterocycles. The van der Waals surface area contributed by atoms with Crippen LogP contribution in [-0.2, 0) is 28.8 Å². The Morgan fingerprint density at radius 2 is 0.568 bits per heavy atom. The average molecular weight is 2140 g/mol. The van der Waals surface area contributed by atoms with Crippen LogP contribution in [-0.4, -0.2) is 178 Å². The van der Waals surface area contributed by atoms with Crippen LogP contribution in [0.15, 0.2) is 117 Å². The van der Waals surface area contributed by atoms with Gasteiger partial charge in [-0.3, -0.25) is 62.2 Å². The lowest BCUT2D eigenvalue weighted by atomic mass is 9.99. The summed E-state index contributed by atoms with van der Waals surface area (Å²) in [5.41, 5.74) is 21.2. The zero-order valence-corrected chi connectivity index (χ0v) is 91.6. The first kappa shape index (κ1) is 114. The molecule has 4 atom stereocenters. The summed E-state index contributed by atoms with van der Waals surface area (Å²) in [4.78, 5) is 96.4. The van der Waals surface area contributed by atoms with Crippen LogP contribution in [0.5, 0.6) is 0 Å². The van der Waals surface area contributed by atoms with Gasteiger partial charge in [-0.25, -0.2) is 0 Å². The Bertz CT molecular complexity index is 6580. The predicted octanol–water partition coefficient (Wildman–Crippen LogP) is 22.8. The van der Waals surface area contributed by atoms with Crippen LogP contribution in [0.2, 0.25) is 20.1 Å². The molecule has 3 amide bonds. The topological polar surface area (TPSA) is 418 Å². The van der Waals surface area contributed by atoms with Crippen molar-refractivity contribution in [3.8, 4) is 20.0 Å². The van der Waals surface area contributed by atoms with E-state index in [2.05, 4.69) is 121 Å². The van der Waals surface area contributed by atoms with E-state index in [4.69, 9.17) is 87.4 Å². The summed E-state index contributed by atoms with van der Waals surface area (Å²) in [6.45, 7) is 27.7. The maximum atomic E-state index is 13.0. The van der Waals surface area contributed by atoms with E-state index in [9.17, 15) is 33.9 Å². The van der Waals surface area contributed by atoms with E-state index < -0.39 is 36.1 Å². The van der Waals surface area contributed by atoms with E-state index in [1.54, 1.807) is 45.3 Å². The number of aliphatic hydroxyl groups excluding tert-OH is 2. The molecule has 0 radical (unpaired) electrons. The second kappa shape index (κ2) is 55.8. The summed E-state index contributed by atoms with van der Waals surface area (Å²) in [5, 5.41) is 86.1. The number of rotatable bonds is 43. The van der Waals surface area contributed by atoms with Gasteiger partial charge in [-0.2, -0.15) is 0 Å². The molecule has 4 aromatic carbocycles. The van der Waals surface area contributed by atoms with Gasteiger partial charge in [0.15, 0.2) is 23.3 Å². The van der Waals surface area contributed by atoms with Gasteiger partial charge in [0.2, 0.25) is 17.7 Å². The highest BCUT2D eigenvalue weighted by Crippen LogP contribution is 2.46. The van der Waals surface area contributed by atoms with Gasteiger partial charge < -0.3 is 46.9 Å². The standard InChI is InChI=1S/C27H32ClN5O3S.C27H34ClN5O2S.C27H32ClN5O2S.C19H17ClN4O2S.C8H19NO/c1-16-17(2)37-27-24(16)25(19-10-12-20(28)13-11-19)30-21(26-32-31-18(3)33(26)27)15-22(34)29-14-8-6-4-5-7-9-23(35)36;2*1-17-18(2)36-27-24(17)25(20-10-12-21(28)13-11-20)30-22(26-32-31-19(3)33(26)27)16-23(35)29-14-8-6-4-5-7-9-15-34;1-9-10(2)27-19-16(9)17(12-4-6-13(20)7-5-12)21-14(8-15(25)26)18-23-22-11(3)24(18)19;9-7-5-3-1-2-4-6-8-10/h10-13,21H,4-9,14-15H2,1-3H3,(H,29,34)(H,35,36);10-13,22,34H,4-9,14-16H2,1-3H3,(H,29,35);10-13,15,22H,4-9,14,16H2,1-3H3,(H,29,35);4-7,14H,8H2,1-3H3,(H,25,26);10H,1-9H2/t21-;2*22-;14-;/m0000./s1. The Morgan fingerprint density at radius 3 is 0.815 bits per heavy atom. The van der Waals surface area contributed by atoms with Crippen molar-refractivity contribution in [2.75, 3.05) is 39.4 Å². The minimum Gasteiger partial charge on any atom is -0.481 e. The second-order valence-electron chi connectivity index (χ2n) is 37.0. The fourth-order valence-corrected chi connectivity index (χ4v) is 23.2. The number of nitrogens with one attached hydrogen (secondary N) is 3. The number of nitrogens with two attached hydrogens (primary N) is 1. The number of aliphatic hydroxyl groups is 2. The van der Waals surface area contributed by atoms with Crippen LogP contribution in [0.3, 0.4) is 0 Å². The molecular weight excluding hydrogens is 2010 g/mol. The lowest BCUT2D eigenvalue weighted by Crippen LogP contribution is -2.26. The lowest BCUT2D eigenvalue weighted by Gasteiger charge is -2.13. The lowest BCUT2D eigenvalue weighted by molar-refractivity contribution is -0.138. The fraction of sp³-hybridized carbons (Fsp3) is 0.463. The van der Waals surface area contributed by atoms with Gasteiger partial charge in [0.1, 0.15) is 73.8 Å². The zero-order valence-electron chi connectivity index (χ0n) is 85.3. The van der Waals surface area contributed by atoms with Crippen molar-refractivity contribution in [1.82, 2.24) is 75.0 Å². The molecule has 0 aliphatic carbocycles. The van der Waals surface area contributed by atoms with Gasteiger partial charge in [0.25, 0.3) is 0 Å². The van der Waals surface area contributed by atoms with E-state index in [0.29, 0.717) is 82.5 Å². The van der Waals surface area contributed by atoms with Gasteiger partial charge in [-0.1, -0.05) is 185 Å². The fourth-order valence-electron chi connectivity index (χ4n) is 17.8. The highest BCUT2D eigenvalue weighted by Gasteiger charge is 2.39. The number of aliphatic carboxylic acids is 2. The number of aliphatic imine (C=N–C) groups is 4. The van der Waals surface area contributed by atoms with Crippen LogP contribution in [0.1, 0.15) is 337 Å². The van der Waals surface area contributed by atoms with Gasteiger partial charge in [-0.05, 0) is 212 Å². The number of fused-ring (bicyclic) bond motifs is 12. The summed E-state index contributed by atoms with van der Waals surface area (Å²) in [7, 11) is 0. The third kappa shape index (κ3) is 29.8. The van der Waals surface area contributed by atoms with Crippen molar-refractivity contribution < 1.29 is 49.2 Å². The van der Waals surface area contributed by atoms with Crippen LogP contribution < -0.4 is 21.7 Å². The molecule has 146 heavy (non-hydrogen) atoms. The SMILES string of the molecule is Cc1sc2c(c1C)C(c1ccc(Cl)cc1)=N[C@@H](CC(=O)NCCCCCCCC(=O)O)c1nnc(C)n1-2.Cc1sc2c(c1C)C(c1ccc(Cl)cc1)=N[C@@H](CC(=O)NCCCCCCCC=O)c1nnc(C)n1-2.Cc1sc2c(c1C)C(c1ccc(Cl)cc1)=N[C@@H](CC(=O)NCCCCCCCCO)c1nnc(C)n1-2.Cc1sc2c(c1C)C(c1ccc(Cl)cc1)=N[C@@H](CC(=O)O)c1nnc(C)n1-2.NCCCCCCCCO. The number of carbonyl (C=O) groups excluding carboxylic acids is 4. The molecule has 9 N–H and O–H groups in total. The Hall–Kier alpha value is -11.0. The number of thiophene rings is 4. The number of aromatic nitrogens is 12. The predicted molar refractivity (Wildman–Crippen MR) is 586 cm³/mol. The number of amides is 3. The Labute approximate surface area is 890 Å². The largest absolute Gasteiger partial charge is 0.481 e. The van der Waals surface area contributed by atoms with E-state index in [-0.39, 0.29) is 56.4 Å². The Balaban J connectivity index is 0.000000168. The molecule has 12 aromatic rings. The molecule has 8 aromatic heterocycles. The molecule has 4 aliphatic heterocycles. The number of aryl methyl sites for hydroxylation is 8. The number of halogens is 4. The molecular formula is C108H134Cl4N20O10S4. The third-order valence-corrected chi connectivity index (χ3v) is 31.9. The van der Waals surface area contributed by atoms with E-state index >= 15 is 0 Å². The summed E-state index contributed by atoms with van der Waals surface area (Å²) in [5.74, 6) is 3.79. The molecule has 0 unspecified atom stereocenters. The molecule has 16 rings (SSSR count). The van der Waals surface area contributed by atoms with E-state index in [0.717, 1.165) is 244 Å². The van der Waals surface area contributed by atoms with Crippen LogP contribution >= 0.6 is 91.8 Å². The number of hydrogen-bond donors (Lipinski definition) is 8. The van der Waals surface area contributed by atoms with Gasteiger partial charge >= 0.3 is 11.9 Å². The Morgan fingerprint density at radius 1 is 0.329 bits per heavy atom. The summed E-state index contributed by atoms with van der Waals surface area (Å²) < 4.78 is 8.11. The minimum atomic E-state index is -0.926. The quantitative estimate of drug-likeness (QED) is 0.0130. The Kier molecular flexibility index (Phi) is 43.5. The number of carboxylic acid groups (broad SMARTS) is 2. The summed E-state index contributed by atoms with van der Waals surface area (Å²) in [6.07, 6.45) is 24.9. The maximum absolute atomic E-state index is 13.0. The smallest absolute Gasteiger partial charge is 0.306 e. The number of carboxylic acids is 2. The number of benzene rings is 4. The number of hydrogen-bond acceptors (Lipinski definition) is 25. The van der Waals surface area contributed by atoms with Crippen molar-refractivity contribution in [1.29, 1.82) is 0 Å². The molecule has 0 bridgehead atoms. The number of nitrogens with zero attached hydrogens (tertiary/aromatic N) is 16. The third-order valence-electron chi connectivity index (χ3n) is 26.2. The minimum absolute atomic E-state index is 0.0372. The van der Waals surface area contributed by atoms with Gasteiger partial charge in [0.05, 0.1) is 48.5 Å². The first-order valence-corrected chi connectivity index (χ1v) is 55.2. The zero-order chi connectivity index (χ0) is 105. The van der Waals surface area contributed by atoms with Crippen molar-refractivity contribution in [3.63, 3.8) is 0 Å². The van der Waals surface area contributed by atoms with Gasteiger partial charge in [-0.15, -0.1) is 86.1 Å². The average Bonchev–Trinajstić information content (AvgIpc) is 1.60. The molecule has 30 nitrogen and oxygen atoms in total. The van der Waals surface area contributed by atoms with Crippen molar-refractivity contribution in [2.45, 2.75) is 287 Å². The molecule has 0 spiro atoms. The molecule has 4 aliphatic rings. The van der Waals surface area contributed by atoms with Gasteiger partial charge in [0, 0.05) is 130 Å². The van der Waals surface area contributed by atoms with Crippen molar-refractivity contribution >= 4 is 151 Å². The highest BCUT2D eigenvalue weighted by atomic mass is 35.5. The number of unbranched alkanes of at least 4 members (excludes halogenated alkanes) is 19. The monoisotopic (exact) mass is 2140 g/mol. The van der Waals surface area contributed by atoms with Crippen molar-refractivity contribution in [2.24, 2.45) is 25.7 Å². The molecule has 778 valence electrons. The maximum Gasteiger partial charge on any atom is 0.306 e. The van der Waals surface area contributed by atoms with Crippen molar-refractivity contribution in [3.05, 3.63) is 250 Å². The first-order chi connectivity index (χ1) is 70.3. The van der Waals surface area contributed by atoms with Crippen LogP contribution in [0.25, 0.3) is 20.0 Å². The number of aldehydes is 1. The highest BCUT2D eigenvalue weighted by molar-refractivity contribution is 7.16. The van der Waals surface area contributed by atoms with E-state index in [1.807, 2.05) is 134 Å². The summed E-state index contributed by atoms with van der Waals surface area (Å²) in [6, 6.07) is 28.5.